The molecule has 0 spiro atoms. The summed E-state index contributed by atoms with van der Waals surface area (Å²) in [6.45, 7) is 0.963. The van der Waals surface area contributed by atoms with Gasteiger partial charge < -0.3 is 15.0 Å². The molecule has 192 valence electrons. The van der Waals surface area contributed by atoms with Crippen molar-refractivity contribution < 1.29 is 4.74 Å². The molecule has 1 aromatic carbocycles. The van der Waals surface area contributed by atoms with Crippen LogP contribution in [0.15, 0.2) is 65.8 Å². The first-order valence-electron chi connectivity index (χ1n) is 13.4. The summed E-state index contributed by atoms with van der Waals surface area (Å²) in [5, 5.41) is 3.90. The fourth-order valence-electron chi connectivity index (χ4n) is 5.74. The van der Waals surface area contributed by atoms with Crippen molar-refractivity contribution in [1.29, 1.82) is 0 Å². The van der Waals surface area contributed by atoms with E-state index in [1.54, 1.807) is 10.8 Å². The Morgan fingerprint density at radius 1 is 1.00 bits per heavy atom. The maximum Gasteiger partial charge on any atom is 0.333 e. The predicted molar refractivity (Wildman–Crippen MR) is 143 cm³/mol. The molecule has 2 aliphatic carbocycles. The molecule has 2 heterocycles. The van der Waals surface area contributed by atoms with Gasteiger partial charge >= 0.3 is 5.69 Å². The van der Waals surface area contributed by atoms with E-state index in [0.29, 0.717) is 18.0 Å². The smallest absolute Gasteiger partial charge is 0.333 e. The third-order valence-corrected chi connectivity index (χ3v) is 7.67. The van der Waals surface area contributed by atoms with Crippen LogP contribution in [0.1, 0.15) is 69.0 Å². The second-order valence-electron chi connectivity index (χ2n) is 10.6. The van der Waals surface area contributed by atoms with Crippen molar-refractivity contribution in [3.8, 4) is 11.6 Å². The summed E-state index contributed by atoms with van der Waals surface area (Å²) in [6, 6.07) is 15.5. The van der Waals surface area contributed by atoms with E-state index in [2.05, 4.69) is 59.6 Å². The second-order valence-corrected chi connectivity index (χ2v) is 10.6. The van der Waals surface area contributed by atoms with Gasteiger partial charge in [-0.3, -0.25) is 9.13 Å². The van der Waals surface area contributed by atoms with E-state index in [0.717, 1.165) is 50.8 Å². The minimum Gasteiger partial charge on any atom is -0.474 e. The highest BCUT2D eigenvalue weighted by Crippen LogP contribution is 2.29. The zero-order chi connectivity index (χ0) is 24.9. The Kier molecular flexibility index (Phi) is 7.87. The summed E-state index contributed by atoms with van der Waals surface area (Å²) in [7, 11) is 4.24. The molecular weight excluding hydrogens is 450 g/mol. The molecule has 0 bridgehead atoms. The average Bonchev–Trinajstić information content (AvgIpc) is 3.55. The van der Waals surface area contributed by atoms with Crippen LogP contribution in [0.3, 0.4) is 0 Å². The SMILES string of the molecule is CN(C)CC(NC1CCC(n2ccn(-c3ccc(OC4CCCC4)nc3)c2=O)CC1)c1ccccc1. The van der Waals surface area contributed by atoms with Crippen LogP contribution in [0.4, 0.5) is 0 Å². The number of aromatic nitrogens is 3. The molecule has 7 heteroatoms. The maximum absolute atomic E-state index is 13.2. The Balaban J connectivity index is 1.19. The molecule has 2 aliphatic rings. The molecule has 2 aromatic heterocycles. The van der Waals surface area contributed by atoms with E-state index < -0.39 is 0 Å². The molecule has 3 aromatic rings. The van der Waals surface area contributed by atoms with Crippen molar-refractivity contribution >= 4 is 0 Å². The van der Waals surface area contributed by atoms with Gasteiger partial charge in [0, 0.05) is 43.1 Å². The van der Waals surface area contributed by atoms with Crippen LogP contribution in [0.2, 0.25) is 0 Å². The largest absolute Gasteiger partial charge is 0.474 e. The zero-order valence-corrected chi connectivity index (χ0v) is 21.6. The lowest BCUT2D eigenvalue weighted by atomic mass is 9.90. The standard InChI is InChI=1S/C29H39N5O2/c1-32(2)21-27(22-8-4-3-5-9-22)31-23-12-14-24(15-13-23)33-18-19-34(29(33)35)25-16-17-28(30-20-25)36-26-10-6-7-11-26/h3-5,8-9,16-20,23-24,26-27,31H,6-7,10-15,21H2,1-2H3. The number of likely N-dealkylation sites (N-methyl/N-ethyl adjacent to an activating group) is 1. The van der Waals surface area contributed by atoms with Crippen LogP contribution in [-0.4, -0.2) is 51.8 Å². The second kappa shape index (κ2) is 11.4. The minimum atomic E-state index is 0.00689. The molecule has 1 atom stereocenters. The summed E-state index contributed by atoms with van der Waals surface area (Å²) >= 11 is 0. The van der Waals surface area contributed by atoms with Crippen molar-refractivity contribution in [2.45, 2.75) is 75.6 Å². The van der Waals surface area contributed by atoms with E-state index in [-0.39, 0.29) is 17.8 Å². The Labute approximate surface area is 214 Å². The predicted octanol–water partition coefficient (Wildman–Crippen LogP) is 4.73. The van der Waals surface area contributed by atoms with Crippen molar-refractivity contribution in [2.75, 3.05) is 20.6 Å². The van der Waals surface area contributed by atoms with Gasteiger partial charge in [0.25, 0.3) is 0 Å². The normalized spacial score (nSPS) is 21.6. The van der Waals surface area contributed by atoms with Gasteiger partial charge in [-0.05, 0) is 77.1 Å². The van der Waals surface area contributed by atoms with Crippen LogP contribution in [0, 0.1) is 0 Å². The third kappa shape index (κ3) is 5.90. The van der Waals surface area contributed by atoms with E-state index in [1.165, 1.54) is 18.4 Å². The highest BCUT2D eigenvalue weighted by molar-refractivity contribution is 5.31. The molecule has 1 unspecified atom stereocenters. The van der Waals surface area contributed by atoms with Crippen LogP contribution in [-0.2, 0) is 0 Å². The number of hydrogen-bond donors (Lipinski definition) is 1. The Morgan fingerprint density at radius 3 is 2.42 bits per heavy atom. The fourth-order valence-corrected chi connectivity index (χ4v) is 5.74. The van der Waals surface area contributed by atoms with Gasteiger partial charge in [0.1, 0.15) is 6.10 Å². The summed E-state index contributed by atoms with van der Waals surface area (Å²) < 4.78 is 9.58. The fraction of sp³-hybridized carbons (Fsp3) is 0.517. The van der Waals surface area contributed by atoms with Gasteiger partial charge in [0.15, 0.2) is 0 Å². The number of imidazole rings is 1. The molecule has 2 saturated carbocycles. The molecule has 1 N–H and O–H groups in total. The lowest BCUT2D eigenvalue weighted by Gasteiger charge is -2.33. The Morgan fingerprint density at radius 2 is 1.75 bits per heavy atom. The van der Waals surface area contributed by atoms with Gasteiger partial charge in [-0.2, -0.15) is 0 Å². The summed E-state index contributed by atoms with van der Waals surface area (Å²) in [5.74, 6) is 0.645. The van der Waals surface area contributed by atoms with Crippen molar-refractivity contribution in [1.82, 2.24) is 24.3 Å². The van der Waals surface area contributed by atoms with E-state index in [1.807, 2.05) is 29.1 Å². The molecular formula is C29H39N5O2. The lowest BCUT2D eigenvalue weighted by Crippen LogP contribution is -2.41. The number of rotatable bonds is 9. The number of ether oxygens (including phenoxy) is 1. The van der Waals surface area contributed by atoms with Gasteiger partial charge in [0.2, 0.25) is 5.88 Å². The highest BCUT2D eigenvalue weighted by Gasteiger charge is 2.26. The van der Waals surface area contributed by atoms with E-state index >= 15 is 0 Å². The first-order valence-corrected chi connectivity index (χ1v) is 13.4. The monoisotopic (exact) mass is 489 g/mol. The van der Waals surface area contributed by atoms with E-state index in [4.69, 9.17) is 4.74 Å². The third-order valence-electron chi connectivity index (χ3n) is 7.67. The van der Waals surface area contributed by atoms with Gasteiger partial charge in [-0.15, -0.1) is 0 Å². The summed E-state index contributed by atoms with van der Waals surface area (Å²) in [4.78, 5) is 19.9. The molecule has 0 aliphatic heterocycles. The van der Waals surface area contributed by atoms with Crippen LogP contribution >= 0.6 is 0 Å². The molecule has 7 nitrogen and oxygen atoms in total. The van der Waals surface area contributed by atoms with Crippen LogP contribution < -0.4 is 15.7 Å². The minimum absolute atomic E-state index is 0.00689. The number of nitrogens with zero attached hydrogens (tertiary/aromatic N) is 4. The summed E-state index contributed by atoms with van der Waals surface area (Å²) in [6.07, 6.45) is 14.6. The first kappa shape index (κ1) is 24.8. The lowest BCUT2D eigenvalue weighted by molar-refractivity contribution is 0.201. The molecule has 0 radical (unpaired) electrons. The number of benzene rings is 1. The van der Waals surface area contributed by atoms with Crippen molar-refractivity contribution in [2.24, 2.45) is 0 Å². The van der Waals surface area contributed by atoms with Gasteiger partial charge in [-0.25, -0.2) is 9.78 Å². The van der Waals surface area contributed by atoms with Crippen molar-refractivity contribution in [3.05, 3.63) is 77.1 Å². The average molecular weight is 490 g/mol. The Bertz CT molecular complexity index is 1140. The molecule has 0 saturated heterocycles. The quantitative estimate of drug-likeness (QED) is 0.471. The molecule has 2 fully saturated rings. The van der Waals surface area contributed by atoms with E-state index in [9.17, 15) is 4.79 Å². The number of pyridine rings is 1. The zero-order valence-electron chi connectivity index (χ0n) is 21.6. The number of nitrogens with one attached hydrogen (secondary N) is 1. The van der Waals surface area contributed by atoms with Crippen LogP contribution in [0.5, 0.6) is 5.88 Å². The highest BCUT2D eigenvalue weighted by atomic mass is 16.5. The maximum atomic E-state index is 13.2. The van der Waals surface area contributed by atoms with Gasteiger partial charge in [-0.1, -0.05) is 30.3 Å². The molecule has 36 heavy (non-hydrogen) atoms. The molecule has 0 amide bonds. The topological polar surface area (TPSA) is 64.3 Å². The van der Waals surface area contributed by atoms with Crippen molar-refractivity contribution in [3.63, 3.8) is 0 Å². The first-order chi connectivity index (χ1) is 17.6. The van der Waals surface area contributed by atoms with Gasteiger partial charge in [0.05, 0.1) is 11.9 Å². The Hall–Kier alpha value is -2.90. The number of hydrogen-bond acceptors (Lipinski definition) is 5. The molecule has 5 rings (SSSR count). The summed E-state index contributed by atoms with van der Waals surface area (Å²) in [5.41, 5.74) is 2.12. The van der Waals surface area contributed by atoms with Crippen LogP contribution in [0.25, 0.3) is 5.69 Å².